The number of benzene rings is 2. The zero-order valence-corrected chi connectivity index (χ0v) is 12.9. The van der Waals surface area contributed by atoms with E-state index in [1.807, 2.05) is 31.2 Å². The van der Waals surface area contributed by atoms with E-state index in [1.54, 1.807) is 12.1 Å². The lowest BCUT2D eigenvalue weighted by molar-refractivity contribution is -0.147. The second-order valence-electron chi connectivity index (χ2n) is 5.73. The van der Waals surface area contributed by atoms with Crippen molar-refractivity contribution in [2.24, 2.45) is 5.73 Å². The first-order valence-corrected chi connectivity index (χ1v) is 7.38. The maximum absolute atomic E-state index is 13.9. The summed E-state index contributed by atoms with van der Waals surface area (Å²) in [6, 6.07) is 11.8. The third-order valence-electron chi connectivity index (χ3n) is 3.70. The number of nitrogens with two attached hydrogens (primary N) is 1. The zero-order chi connectivity index (χ0) is 17.0. The van der Waals surface area contributed by atoms with Gasteiger partial charge in [0.2, 0.25) is 0 Å². The lowest BCUT2D eigenvalue weighted by atomic mass is 9.97. The van der Waals surface area contributed by atoms with Crippen LogP contribution in [0, 0.1) is 12.7 Å². The van der Waals surface area contributed by atoms with Crippen molar-refractivity contribution in [3.05, 3.63) is 59.4 Å². The molecule has 0 bridgehead atoms. The molecule has 0 spiro atoms. The van der Waals surface area contributed by atoms with Crippen LogP contribution in [0.25, 0.3) is 11.1 Å². The second-order valence-corrected chi connectivity index (χ2v) is 5.73. The molecule has 2 rings (SSSR count). The molecule has 5 heteroatoms. The lowest BCUT2D eigenvalue weighted by Crippen LogP contribution is -2.32. The molecule has 0 aromatic heterocycles. The normalized spacial score (nSPS) is 13.6. The molecule has 0 amide bonds. The molecule has 0 aliphatic carbocycles. The van der Waals surface area contributed by atoms with Gasteiger partial charge in [0.15, 0.2) is 6.10 Å². The molecule has 0 aliphatic heterocycles. The van der Waals surface area contributed by atoms with Gasteiger partial charge in [-0.05, 0) is 43.0 Å². The van der Waals surface area contributed by atoms with E-state index in [4.69, 9.17) is 10.8 Å². The van der Waals surface area contributed by atoms with Crippen molar-refractivity contribution in [1.82, 2.24) is 0 Å². The van der Waals surface area contributed by atoms with Crippen molar-refractivity contribution >= 4 is 5.97 Å². The van der Waals surface area contributed by atoms with Crippen molar-refractivity contribution < 1.29 is 19.4 Å². The van der Waals surface area contributed by atoms with E-state index in [0.717, 1.165) is 16.7 Å². The van der Waals surface area contributed by atoms with Crippen molar-refractivity contribution in [3.8, 4) is 11.1 Å². The Bertz CT molecular complexity index is 685. The number of rotatable bonds is 6. The number of carboxylic acid groups (broad SMARTS) is 1. The molecule has 0 saturated heterocycles. The van der Waals surface area contributed by atoms with Crippen LogP contribution in [0.5, 0.6) is 0 Å². The zero-order valence-electron chi connectivity index (χ0n) is 12.9. The molecule has 0 heterocycles. The maximum atomic E-state index is 13.9. The number of aryl methyl sites for hydroxylation is 1. The van der Waals surface area contributed by atoms with Crippen molar-refractivity contribution in [1.29, 1.82) is 0 Å². The highest BCUT2D eigenvalue weighted by atomic mass is 19.1. The topological polar surface area (TPSA) is 83.5 Å². The Labute approximate surface area is 134 Å². The third-order valence-corrected chi connectivity index (χ3v) is 3.70. The predicted octanol–water partition coefficient (Wildman–Crippen LogP) is 2.51. The molecule has 4 N–H and O–H groups in total. The molecule has 122 valence electrons. The van der Waals surface area contributed by atoms with E-state index < -0.39 is 18.1 Å². The van der Waals surface area contributed by atoms with E-state index in [9.17, 15) is 14.3 Å². The minimum atomic E-state index is -1.45. The number of aliphatic carboxylic acids is 1. The van der Waals surface area contributed by atoms with Gasteiger partial charge in [-0.1, -0.05) is 35.9 Å². The molecule has 2 atom stereocenters. The quantitative estimate of drug-likeness (QED) is 0.764. The fraction of sp³-hybridized carbons (Fsp3) is 0.278. The van der Waals surface area contributed by atoms with Crippen LogP contribution in [0.15, 0.2) is 42.5 Å². The number of hydrogen-bond donors (Lipinski definition) is 3. The third kappa shape index (κ3) is 4.61. The Balaban J connectivity index is 2.07. The van der Waals surface area contributed by atoms with Gasteiger partial charge in [0.05, 0.1) is 0 Å². The molecule has 0 aliphatic rings. The number of halogens is 1. The first kappa shape index (κ1) is 17.1. The van der Waals surface area contributed by atoms with Gasteiger partial charge in [-0.3, -0.25) is 0 Å². The van der Waals surface area contributed by atoms with Crippen LogP contribution in [0.4, 0.5) is 4.39 Å². The van der Waals surface area contributed by atoms with Gasteiger partial charge in [0.25, 0.3) is 0 Å². The summed E-state index contributed by atoms with van der Waals surface area (Å²) < 4.78 is 13.9. The van der Waals surface area contributed by atoms with E-state index in [1.165, 1.54) is 6.07 Å². The SMILES string of the molecule is Cc1ccc(F)c(-c2ccc(C[C@@H](N)C[C@@H](O)C(=O)O)cc2)c1. The average molecular weight is 317 g/mol. The van der Waals surface area contributed by atoms with Crippen LogP contribution in [-0.2, 0) is 11.2 Å². The van der Waals surface area contributed by atoms with E-state index in [-0.39, 0.29) is 12.2 Å². The van der Waals surface area contributed by atoms with Crippen LogP contribution in [-0.4, -0.2) is 28.3 Å². The average Bonchev–Trinajstić information content (AvgIpc) is 2.50. The van der Waals surface area contributed by atoms with Crippen LogP contribution in [0.2, 0.25) is 0 Å². The largest absolute Gasteiger partial charge is 0.479 e. The smallest absolute Gasteiger partial charge is 0.332 e. The summed E-state index contributed by atoms with van der Waals surface area (Å²) >= 11 is 0. The number of aliphatic hydroxyl groups excluding tert-OH is 1. The van der Waals surface area contributed by atoms with Gasteiger partial charge < -0.3 is 15.9 Å². The van der Waals surface area contributed by atoms with Crippen LogP contribution >= 0.6 is 0 Å². The molecule has 0 unspecified atom stereocenters. The van der Waals surface area contributed by atoms with Gasteiger partial charge >= 0.3 is 5.97 Å². The molecule has 2 aromatic rings. The lowest BCUT2D eigenvalue weighted by Gasteiger charge is -2.14. The molecule has 0 radical (unpaired) electrons. The standard InChI is InChI=1S/C18H20FNO3/c1-11-2-7-16(19)15(8-11)13-5-3-12(4-6-13)9-14(20)10-17(21)18(22)23/h2-8,14,17,21H,9-10,20H2,1H3,(H,22,23)/t14-,17-/m1/s1. The summed E-state index contributed by atoms with van der Waals surface area (Å²) in [4.78, 5) is 10.6. The Morgan fingerprint density at radius 2 is 1.87 bits per heavy atom. The second kappa shape index (κ2) is 7.35. The van der Waals surface area contributed by atoms with Gasteiger partial charge in [-0.25, -0.2) is 9.18 Å². The van der Waals surface area contributed by atoms with Crippen molar-refractivity contribution in [2.45, 2.75) is 31.9 Å². The van der Waals surface area contributed by atoms with Gasteiger partial charge in [-0.2, -0.15) is 0 Å². The molecule has 4 nitrogen and oxygen atoms in total. The summed E-state index contributed by atoms with van der Waals surface area (Å²) in [7, 11) is 0. The van der Waals surface area contributed by atoms with E-state index in [0.29, 0.717) is 12.0 Å². The Morgan fingerprint density at radius 3 is 2.48 bits per heavy atom. The monoisotopic (exact) mass is 317 g/mol. The molecule has 0 fully saturated rings. The minimum Gasteiger partial charge on any atom is -0.479 e. The summed E-state index contributed by atoms with van der Waals surface area (Å²) in [6.45, 7) is 1.91. The molecule has 23 heavy (non-hydrogen) atoms. The number of carbonyl (C=O) groups is 1. The fourth-order valence-corrected chi connectivity index (χ4v) is 2.45. The van der Waals surface area contributed by atoms with E-state index >= 15 is 0 Å². The minimum absolute atomic E-state index is 0.0103. The first-order valence-electron chi connectivity index (χ1n) is 7.38. The maximum Gasteiger partial charge on any atom is 0.332 e. The van der Waals surface area contributed by atoms with Crippen LogP contribution < -0.4 is 5.73 Å². The molecular weight excluding hydrogens is 297 g/mol. The highest BCUT2D eigenvalue weighted by molar-refractivity contribution is 5.71. The van der Waals surface area contributed by atoms with Gasteiger partial charge in [0.1, 0.15) is 5.82 Å². The Kier molecular flexibility index (Phi) is 5.47. The van der Waals surface area contributed by atoms with Crippen LogP contribution in [0.1, 0.15) is 17.5 Å². The molecule has 0 saturated carbocycles. The van der Waals surface area contributed by atoms with Gasteiger partial charge in [0, 0.05) is 11.6 Å². The Morgan fingerprint density at radius 1 is 1.22 bits per heavy atom. The highest BCUT2D eigenvalue weighted by Gasteiger charge is 2.17. The highest BCUT2D eigenvalue weighted by Crippen LogP contribution is 2.24. The van der Waals surface area contributed by atoms with Crippen molar-refractivity contribution in [2.75, 3.05) is 0 Å². The molecule has 2 aromatic carbocycles. The van der Waals surface area contributed by atoms with E-state index in [2.05, 4.69) is 0 Å². The van der Waals surface area contributed by atoms with Crippen molar-refractivity contribution in [3.63, 3.8) is 0 Å². The van der Waals surface area contributed by atoms with Gasteiger partial charge in [-0.15, -0.1) is 0 Å². The number of aliphatic hydroxyl groups is 1. The molecular formula is C18H20FNO3. The predicted molar refractivity (Wildman–Crippen MR) is 86.5 cm³/mol. The number of hydrogen-bond acceptors (Lipinski definition) is 3. The fourth-order valence-electron chi connectivity index (χ4n) is 2.45. The number of carboxylic acids is 1. The van der Waals surface area contributed by atoms with Crippen LogP contribution in [0.3, 0.4) is 0 Å². The summed E-state index contributed by atoms with van der Waals surface area (Å²) in [5.41, 5.74) is 9.06. The summed E-state index contributed by atoms with van der Waals surface area (Å²) in [5.74, 6) is -1.55. The summed E-state index contributed by atoms with van der Waals surface area (Å²) in [5, 5.41) is 18.0. The summed E-state index contributed by atoms with van der Waals surface area (Å²) in [6.07, 6.45) is -1.02. The first-order chi connectivity index (χ1) is 10.9. The Hall–Kier alpha value is -2.24.